The van der Waals surface area contributed by atoms with Crippen molar-refractivity contribution < 1.29 is 9.59 Å². The van der Waals surface area contributed by atoms with Crippen molar-refractivity contribution in [2.24, 2.45) is 0 Å². The van der Waals surface area contributed by atoms with Gasteiger partial charge in [0.25, 0.3) is 11.8 Å². The number of thiophene rings is 1. The van der Waals surface area contributed by atoms with Crippen molar-refractivity contribution in [3.05, 3.63) is 95.4 Å². The van der Waals surface area contributed by atoms with Crippen molar-refractivity contribution in [2.45, 2.75) is 19.4 Å². The predicted molar refractivity (Wildman–Crippen MR) is 132 cm³/mol. The first-order valence-electron chi connectivity index (χ1n) is 10.7. The molecule has 3 aromatic carbocycles. The van der Waals surface area contributed by atoms with Gasteiger partial charge in [0.05, 0.1) is 0 Å². The van der Waals surface area contributed by atoms with Crippen LogP contribution >= 0.6 is 11.3 Å². The van der Waals surface area contributed by atoms with E-state index < -0.39 is 11.9 Å². The molecule has 0 saturated heterocycles. The maximum absolute atomic E-state index is 13.4. The molecule has 0 spiro atoms. The Morgan fingerprint density at radius 3 is 2.45 bits per heavy atom. The standard InChI is InChI=1S/C27H23N3O2S/c1-2-30(18-28)27(32)24(16-20-17-33-25-15-9-8-13-22(20)25)29-26(31)23-14-7-6-12-21(23)19-10-4-3-5-11-19/h3-15,17,24H,2,16H2,1H3,(H,29,31). The van der Waals surface area contributed by atoms with Crippen molar-refractivity contribution in [1.29, 1.82) is 5.26 Å². The highest BCUT2D eigenvalue weighted by atomic mass is 32.1. The Labute approximate surface area is 196 Å². The molecule has 1 unspecified atom stereocenters. The topological polar surface area (TPSA) is 73.2 Å². The summed E-state index contributed by atoms with van der Waals surface area (Å²) in [7, 11) is 0. The highest BCUT2D eigenvalue weighted by Gasteiger charge is 2.28. The van der Waals surface area contributed by atoms with E-state index in [1.807, 2.05) is 78.3 Å². The van der Waals surface area contributed by atoms with E-state index in [9.17, 15) is 14.9 Å². The summed E-state index contributed by atoms with van der Waals surface area (Å²) >= 11 is 1.60. The molecule has 0 fully saturated rings. The number of amides is 2. The van der Waals surface area contributed by atoms with E-state index in [1.54, 1.807) is 30.4 Å². The van der Waals surface area contributed by atoms with Crippen molar-refractivity contribution >= 4 is 33.2 Å². The monoisotopic (exact) mass is 453 g/mol. The summed E-state index contributed by atoms with van der Waals surface area (Å²) in [5, 5.41) is 15.4. The summed E-state index contributed by atoms with van der Waals surface area (Å²) in [6.45, 7) is 1.98. The number of benzene rings is 3. The van der Waals surface area contributed by atoms with Crippen LogP contribution in [0.2, 0.25) is 0 Å². The van der Waals surface area contributed by atoms with E-state index >= 15 is 0 Å². The maximum Gasteiger partial charge on any atom is 0.258 e. The van der Waals surface area contributed by atoms with Crippen LogP contribution in [0.1, 0.15) is 22.8 Å². The third-order valence-corrected chi connectivity index (χ3v) is 6.56. The van der Waals surface area contributed by atoms with Crippen LogP contribution in [-0.4, -0.2) is 29.3 Å². The molecule has 0 bridgehead atoms. The summed E-state index contributed by atoms with van der Waals surface area (Å²) in [6, 6.07) is 24.1. The van der Waals surface area contributed by atoms with Gasteiger partial charge in [-0.15, -0.1) is 11.3 Å². The Kier molecular flexibility index (Phi) is 6.82. The molecule has 0 saturated carbocycles. The van der Waals surface area contributed by atoms with Gasteiger partial charge in [0, 0.05) is 23.2 Å². The number of hydrogen-bond acceptors (Lipinski definition) is 4. The second-order valence-electron chi connectivity index (χ2n) is 7.58. The number of nitriles is 1. The Morgan fingerprint density at radius 1 is 1.00 bits per heavy atom. The van der Waals surface area contributed by atoms with Crippen LogP contribution in [0.3, 0.4) is 0 Å². The third kappa shape index (κ3) is 4.79. The minimum atomic E-state index is -0.862. The van der Waals surface area contributed by atoms with E-state index in [0.29, 0.717) is 12.0 Å². The van der Waals surface area contributed by atoms with Gasteiger partial charge in [-0.1, -0.05) is 66.7 Å². The Hall–Kier alpha value is -3.95. The largest absolute Gasteiger partial charge is 0.340 e. The SMILES string of the molecule is CCN(C#N)C(=O)C(Cc1csc2ccccc12)NC(=O)c1ccccc1-c1ccccc1. The lowest BCUT2D eigenvalue weighted by Crippen LogP contribution is -2.48. The van der Waals surface area contributed by atoms with Crippen LogP contribution in [0, 0.1) is 11.5 Å². The number of likely N-dealkylation sites (N-methyl/N-ethyl adjacent to an activating group) is 1. The zero-order chi connectivity index (χ0) is 23.2. The molecule has 2 amide bonds. The lowest BCUT2D eigenvalue weighted by Gasteiger charge is -2.22. The van der Waals surface area contributed by atoms with Gasteiger partial charge in [-0.25, -0.2) is 4.90 Å². The summed E-state index contributed by atoms with van der Waals surface area (Å²) in [6.07, 6.45) is 2.24. The molecule has 4 aromatic rings. The maximum atomic E-state index is 13.4. The highest BCUT2D eigenvalue weighted by molar-refractivity contribution is 7.17. The minimum Gasteiger partial charge on any atom is -0.340 e. The Balaban J connectivity index is 1.67. The summed E-state index contributed by atoms with van der Waals surface area (Å²) in [5.74, 6) is -0.762. The molecular weight excluding hydrogens is 430 g/mol. The number of fused-ring (bicyclic) bond motifs is 1. The van der Waals surface area contributed by atoms with Crippen LogP contribution in [-0.2, 0) is 11.2 Å². The Bertz CT molecular complexity index is 1320. The zero-order valence-electron chi connectivity index (χ0n) is 18.2. The molecule has 1 aromatic heterocycles. The lowest BCUT2D eigenvalue weighted by molar-refractivity contribution is -0.130. The van der Waals surface area contributed by atoms with Gasteiger partial charge in [-0.05, 0) is 46.5 Å². The normalized spacial score (nSPS) is 11.5. The fourth-order valence-electron chi connectivity index (χ4n) is 3.86. The molecule has 0 aliphatic carbocycles. The molecule has 6 heteroatoms. The van der Waals surface area contributed by atoms with Gasteiger partial charge in [0.1, 0.15) is 6.04 Å². The minimum absolute atomic E-state index is 0.243. The van der Waals surface area contributed by atoms with Crippen LogP contribution in [0.5, 0.6) is 0 Å². The molecule has 1 N–H and O–H groups in total. The molecule has 1 atom stereocenters. The van der Waals surface area contributed by atoms with E-state index in [2.05, 4.69) is 5.32 Å². The number of nitrogens with one attached hydrogen (secondary N) is 1. The van der Waals surface area contributed by atoms with Crippen molar-refractivity contribution in [3.63, 3.8) is 0 Å². The summed E-state index contributed by atoms with van der Waals surface area (Å²) < 4.78 is 1.12. The van der Waals surface area contributed by atoms with Gasteiger partial charge in [0.2, 0.25) is 0 Å². The van der Waals surface area contributed by atoms with Gasteiger partial charge in [-0.2, -0.15) is 5.26 Å². The fourth-order valence-corrected chi connectivity index (χ4v) is 4.84. The van der Waals surface area contributed by atoms with E-state index in [0.717, 1.165) is 31.7 Å². The molecule has 33 heavy (non-hydrogen) atoms. The van der Waals surface area contributed by atoms with Crippen LogP contribution in [0.25, 0.3) is 21.2 Å². The van der Waals surface area contributed by atoms with Crippen LogP contribution < -0.4 is 5.32 Å². The molecule has 164 valence electrons. The van der Waals surface area contributed by atoms with Gasteiger partial charge >= 0.3 is 0 Å². The van der Waals surface area contributed by atoms with E-state index in [-0.39, 0.29) is 12.5 Å². The second-order valence-corrected chi connectivity index (χ2v) is 8.49. The molecule has 0 aliphatic heterocycles. The molecular formula is C27H23N3O2S. The Morgan fingerprint density at radius 2 is 1.70 bits per heavy atom. The smallest absolute Gasteiger partial charge is 0.258 e. The average molecular weight is 454 g/mol. The number of rotatable bonds is 7. The van der Waals surface area contributed by atoms with E-state index in [1.165, 1.54) is 0 Å². The van der Waals surface area contributed by atoms with E-state index in [4.69, 9.17) is 0 Å². The first-order chi connectivity index (χ1) is 16.1. The first kappa shape index (κ1) is 22.3. The average Bonchev–Trinajstić information content (AvgIpc) is 3.27. The summed E-state index contributed by atoms with van der Waals surface area (Å²) in [5.41, 5.74) is 3.16. The van der Waals surface area contributed by atoms with Crippen molar-refractivity contribution in [2.75, 3.05) is 6.54 Å². The first-order valence-corrected chi connectivity index (χ1v) is 11.6. The molecule has 0 aliphatic rings. The molecule has 1 heterocycles. The molecule has 4 rings (SSSR count). The lowest BCUT2D eigenvalue weighted by atomic mass is 9.98. The van der Waals surface area contributed by atoms with Crippen molar-refractivity contribution in [1.82, 2.24) is 10.2 Å². The molecule has 0 radical (unpaired) electrons. The predicted octanol–water partition coefficient (Wildman–Crippen LogP) is 5.24. The highest BCUT2D eigenvalue weighted by Crippen LogP contribution is 2.27. The number of hydrogen-bond donors (Lipinski definition) is 1. The number of carbonyl (C=O) groups is 2. The quantitative estimate of drug-likeness (QED) is 0.307. The number of carbonyl (C=O) groups excluding carboxylic acids is 2. The zero-order valence-corrected chi connectivity index (χ0v) is 19.0. The van der Waals surface area contributed by atoms with Crippen molar-refractivity contribution in [3.8, 4) is 17.3 Å². The molecule has 5 nitrogen and oxygen atoms in total. The third-order valence-electron chi connectivity index (χ3n) is 5.55. The van der Waals surface area contributed by atoms with Crippen LogP contribution in [0.15, 0.2) is 84.2 Å². The summed E-state index contributed by atoms with van der Waals surface area (Å²) in [4.78, 5) is 27.7. The van der Waals surface area contributed by atoms with Crippen LogP contribution in [0.4, 0.5) is 0 Å². The van der Waals surface area contributed by atoms with Gasteiger partial charge in [-0.3, -0.25) is 9.59 Å². The van der Waals surface area contributed by atoms with Gasteiger partial charge in [0.15, 0.2) is 6.19 Å². The fraction of sp³-hybridized carbons (Fsp3) is 0.148. The number of nitrogens with zero attached hydrogens (tertiary/aromatic N) is 2. The van der Waals surface area contributed by atoms with Gasteiger partial charge < -0.3 is 5.32 Å². The second kappa shape index (κ2) is 10.1.